The van der Waals surface area contributed by atoms with E-state index in [0.29, 0.717) is 12.1 Å². The van der Waals surface area contributed by atoms with Crippen LogP contribution in [0.25, 0.3) is 0 Å². The van der Waals surface area contributed by atoms with E-state index in [-0.39, 0.29) is 24.2 Å². The Bertz CT molecular complexity index is 493. The Morgan fingerprint density at radius 1 is 1.32 bits per heavy atom. The second-order valence-electron chi connectivity index (χ2n) is 5.77. The number of nitrogens with two attached hydrogens (primary N) is 1. The molecule has 0 aliphatic heterocycles. The standard InChI is InChI=1S/C15H19FN2O/c16-14-3-9(7-17)1-2-10(14)8-18-15(19)13-5-11-4-12(11)6-13/h1-3,11-13H,4-8,17H2,(H,18,19). The van der Waals surface area contributed by atoms with Gasteiger partial charge in [0, 0.05) is 24.6 Å². The molecule has 1 aromatic rings. The van der Waals surface area contributed by atoms with E-state index in [0.717, 1.165) is 30.2 Å². The summed E-state index contributed by atoms with van der Waals surface area (Å²) in [7, 11) is 0. The van der Waals surface area contributed by atoms with Crippen molar-refractivity contribution < 1.29 is 9.18 Å². The van der Waals surface area contributed by atoms with Gasteiger partial charge in [-0.1, -0.05) is 12.1 Å². The molecule has 3 N–H and O–H groups in total. The van der Waals surface area contributed by atoms with Gasteiger partial charge >= 0.3 is 0 Å². The van der Waals surface area contributed by atoms with Gasteiger partial charge in [-0.05, 0) is 42.7 Å². The lowest BCUT2D eigenvalue weighted by atomic mass is 10.0. The molecule has 0 spiro atoms. The smallest absolute Gasteiger partial charge is 0.223 e. The summed E-state index contributed by atoms with van der Waals surface area (Å²) in [6.07, 6.45) is 3.34. The Morgan fingerprint density at radius 2 is 2.05 bits per heavy atom. The van der Waals surface area contributed by atoms with Gasteiger partial charge in [-0.15, -0.1) is 0 Å². The molecule has 4 heteroatoms. The van der Waals surface area contributed by atoms with Crippen molar-refractivity contribution >= 4 is 5.91 Å². The Kier molecular flexibility index (Phi) is 3.27. The molecule has 0 bridgehead atoms. The number of benzene rings is 1. The zero-order chi connectivity index (χ0) is 13.4. The molecule has 2 aliphatic rings. The summed E-state index contributed by atoms with van der Waals surface area (Å²) in [5.74, 6) is 1.51. The molecule has 0 saturated heterocycles. The lowest BCUT2D eigenvalue weighted by Crippen LogP contribution is -2.29. The van der Waals surface area contributed by atoms with Gasteiger partial charge in [0.1, 0.15) is 5.82 Å². The highest BCUT2D eigenvalue weighted by Gasteiger charge is 2.47. The van der Waals surface area contributed by atoms with Crippen LogP contribution < -0.4 is 11.1 Å². The predicted octanol–water partition coefficient (Wildman–Crippen LogP) is 1.95. The van der Waals surface area contributed by atoms with Crippen molar-refractivity contribution in [3.63, 3.8) is 0 Å². The first-order valence-corrected chi connectivity index (χ1v) is 6.92. The van der Waals surface area contributed by atoms with Crippen LogP contribution in [0.2, 0.25) is 0 Å². The van der Waals surface area contributed by atoms with Crippen molar-refractivity contribution in [2.24, 2.45) is 23.5 Å². The van der Waals surface area contributed by atoms with Crippen molar-refractivity contribution in [3.05, 3.63) is 35.1 Å². The molecule has 1 amide bonds. The minimum Gasteiger partial charge on any atom is -0.352 e. The first-order chi connectivity index (χ1) is 9.17. The van der Waals surface area contributed by atoms with Crippen LogP contribution in [-0.4, -0.2) is 5.91 Å². The van der Waals surface area contributed by atoms with Crippen LogP contribution in [0.15, 0.2) is 18.2 Å². The summed E-state index contributed by atoms with van der Waals surface area (Å²) in [5.41, 5.74) is 6.74. The molecule has 2 atom stereocenters. The van der Waals surface area contributed by atoms with Crippen LogP contribution in [0.1, 0.15) is 30.4 Å². The summed E-state index contributed by atoms with van der Waals surface area (Å²) in [5, 5.41) is 2.85. The van der Waals surface area contributed by atoms with Crippen LogP contribution >= 0.6 is 0 Å². The molecule has 1 aromatic carbocycles. The van der Waals surface area contributed by atoms with Crippen LogP contribution in [-0.2, 0) is 17.9 Å². The summed E-state index contributed by atoms with van der Waals surface area (Å²) in [6, 6.07) is 4.94. The van der Waals surface area contributed by atoms with Crippen molar-refractivity contribution in [2.75, 3.05) is 0 Å². The molecule has 19 heavy (non-hydrogen) atoms. The Balaban J connectivity index is 1.55. The highest BCUT2D eigenvalue weighted by atomic mass is 19.1. The van der Waals surface area contributed by atoms with Gasteiger partial charge in [0.15, 0.2) is 0 Å². The average molecular weight is 262 g/mol. The third kappa shape index (κ3) is 2.63. The SMILES string of the molecule is NCc1ccc(CNC(=O)C2CC3CC3C2)c(F)c1. The summed E-state index contributed by atoms with van der Waals surface area (Å²) in [4.78, 5) is 12.0. The van der Waals surface area contributed by atoms with Crippen molar-refractivity contribution in [3.8, 4) is 0 Å². The maximum atomic E-state index is 13.7. The number of carbonyl (C=O) groups excluding carboxylic acids is 1. The molecule has 2 saturated carbocycles. The van der Waals surface area contributed by atoms with Gasteiger partial charge in [0.05, 0.1) is 0 Å². The minimum atomic E-state index is -0.294. The van der Waals surface area contributed by atoms with Crippen molar-refractivity contribution in [1.82, 2.24) is 5.32 Å². The topological polar surface area (TPSA) is 55.1 Å². The lowest BCUT2D eigenvalue weighted by molar-refractivity contribution is -0.125. The molecular formula is C15H19FN2O. The van der Waals surface area contributed by atoms with E-state index in [2.05, 4.69) is 5.32 Å². The number of halogens is 1. The van der Waals surface area contributed by atoms with E-state index in [4.69, 9.17) is 5.73 Å². The lowest BCUT2D eigenvalue weighted by Gasteiger charge is -2.13. The molecule has 2 fully saturated rings. The Labute approximate surface area is 112 Å². The van der Waals surface area contributed by atoms with Crippen molar-refractivity contribution in [1.29, 1.82) is 0 Å². The number of amides is 1. The van der Waals surface area contributed by atoms with E-state index >= 15 is 0 Å². The van der Waals surface area contributed by atoms with Crippen LogP contribution in [0.5, 0.6) is 0 Å². The fraction of sp³-hybridized carbons (Fsp3) is 0.533. The number of rotatable bonds is 4. The molecule has 2 unspecified atom stereocenters. The summed E-state index contributed by atoms with van der Waals surface area (Å²) < 4.78 is 13.7. The second-order valence-corrected chi connectivity index (χ2v) is 5.77. The van der Waals surface area contributed by atoms with E-state index in [1.165, 1.54) is 12.5 Å². The highest BCUT2D eigenvalue weighted by Crippen LogP contribution is 2.54. The maximum Gasteiger partial charge on any atom is 0.223 e. The van der Waals surface area contributed by atoms with Gasteiger partial charge in [-0.3, -0.25) is 4.79 Å². The number of carbonyl (C=O) groups is 1. The quantitative estimate of drug-likeness (QED) is 0.871. The van der Waals surface area contributed by atoms with E-state index in [9.17, 15) is 9.18 Å². The summed E-state index contributed by atoms with van der Waals surface area (Å²) in [6.45, 7) is 0.593. The zero-order valence-electron chi connectivity index (χ0n) is 10.9. The molecule has 2 aliphatic carbocycles. The number of nitrogens with one attached hydrogen (secondary N) is 1. The van der Waals surface area contributed by atoms with E-state index < -0.39 is 0 Å². The minimum absolute atomic E-state index is 0.0782. The van der Waals surface area contributed by atoms with Gasteiger partial charge in [-0.2, -0.15) is 0 Å². The van der Waals surface area contributed by atoms with Crippen LogP contribution in [0, 0.1) is 23.6 Å². The Morgan fingerprint density at radius 3 is 2.68 bits per heavy atom. The van der Waals surface area contributed by atoms with E-state index in [1.807, 2.05) is 0 Å². The highest BCUT2D eigenvalue weighted by molar-refractivity contribution is 5.79. The second kappa shape index (κ2) is 4.93. The normalized spacial score (nSPS) is 28.0. The van der Waals surface area contributed by atoms with Gasteiger partial charge in [-0.25, -0.2) is 4.39 Å². The predicted molar refractivity (Wildman–Crippen MR) is 70.5 cm³/mol. The first kappa shape index (κ1) is 12.6. The van der Waals surface area contributed by atoms with Crippen molar-refractivity contribution in [2.45, 2.75) is 32.4 Å². The van der Waals surface area contributed by atoms with Gasteiger partial charge < -0.3 is 11.1 Å². The third-order valence-corrected chi connectivity index (χ3v) is 4.42. The maximum absolute atomic E-state index is 13.7. The molecule has 3 nitrogen and oxygen atoms in total. The van der Waals surface area contributed by atoms with Gasteiger partial charge in [0.25, 0.3) is 0 Å². The average Bonchev–Trinajstić information content (AvgIpc) is 3.03. The van der Waals surface area contributed by atoms with Gasteiger partial charge in [0.2, 0.25) is 5.91 Å². The summed E-state index contributed by atoms with van der Waals surface area (Å²) >= 11 is 0. The number of fused-ring (bicyclic) bond motifs is 1. The molecule has 102 valence electrons. The number of hydrogen-bond donors (Lipinski definition) is 2. The number of hydrogen-bond acceptors (Lipinski definition) is 2. The fourth-order valence-electron chi connectivity index (χ4n) is 3.12. The molecule has 0 radical (unpaired) electrons. The fourth-order valence-corrected chi connectivity index (χ4v) is 3.12. The molecular weight excluding hydrogens is 243 g/mol. The zero-order valence-corrected chi connectivity index (χ0v) is 10.9. The third-order valence-electron chi connectivity index (χ3n) is 4.42. The molecule has 0 heterocycles. The Hall–Kier alpha value is -1.42. The van der Waals surface area contributed by atoms with Crippen LogP contribution in [0.3, 0.4) is 0 Å². The van der Waals surface area contributed by atoms with E-state index in [1.54, 1.807) is 12.1 Å². The first-order valence-electron chi connectivity index (χ1n) is 6.92. The molecule has 3 rings (SSSR count). The molecule has 0 aromatic heterocycles. The monoisotopic (exact) mass is 262 g/mol. The largest absolute Gasteiger partial charge is 0.352 e. The van der Waals surface area contributed by atoms with Crippen LogP contribution in [0.4, 0.5) is 4.39 Å².